The van der Waals surface area contributed by atoms with Gasteiger partial charge in [-0.3, -0.25) is 4.79 Å². The van der Waals surface area contributed by atoms with E-state index in [-0.39, 0.29) is 11.1 Å². The molecular weight excluding hydrogens is 588 g/mol. The lowest BCUT2D eigenvalue weighted by atomic mass is 10.2. The molecule has 0 saturated carbocycles. The van der Waals surface area contributed by atoms with E-state index >= 15 is 0 Å². The maximum Gasteiger partial charge on any atom is 0.367 e. The van der Waals surface area contributed by atoms with Gasteiger partial charge in [-0.15, -0.1) is 0 Å². The third-order valence-corrected chi connectivity index (χ3v) is 8.15. The number of rotatable bonds is 12. The van der Waals surface area contributed by atoms with E-state index in [1.54, 1.807) is 24.3 Å². The summed E-state index contributed by atoms with van der Waals surface area (Å²) in [6, 6.07) is 34.3. The van der Waals surface area contributed by atoms with Crippen LogP contribution in [0.5, 0.6) is 11.5 Å². The van der Waals surface area contributed by atoms with Crippen LogP contribution in [-0.2, 0) is 48.8 Å². The molecule has 0 bridgehead atoms. The van der Waals surface area contributed by atoms with Gasteiger partial charge in [0.15, 0.2) is 9.84 Å². The first-order valence-corrected chi connectivity index (χ1v) is 16.1. The standard InChI is InChI=1S/C17H18O5S.C16H16O3S/c1-21-17(18)13-23(19,20)12-15-7-9-16(10-8-15)22-11-14-5-3-2-4-6-14;1-18-16(17)20-12-14-7-9-15(10-8-14)19-11-13-5-3-2-4-6-13/h2-10H,11-13H2,1H3;2-10H,11-12H2,1H3. The second kappa shape index (κ2) is 17.6. The number of benzene rings is 4. The molecule has 0 N–H and O–H groups in total. The van der Waals surface area contributed by atoms with Crippen LogP contribution in [0.1, 0.15) is 22.3 Å². The fourth-order valence-electron chi connectivity index (χ4n) is 3.59. The molecule has 8 nitrogen and oxygen atoms in total. The Morgan fingerprint density at radius 2 is 1.07 bits per heavy atom. The van der Waals surface area contributed by atoms with Gasteiger partial charge in [0.05, 0.1) is 20.0 Å². The largest absolute Gasteiger partial charge is 0.489 e. The normalized spacial score (nSPS) is 10.6. The van der Waals surface area contributed by atoms with Crippen molar-refractivity contribution in [3.8, 4) is 11.5 Å². The van der Waals surface area contributed by atoms with Crippen molar-refractivity contribution in [1.29, 1.82) is 0 Å². The van der Waals surface area contributed by atoms with Crippen LogP contribution in [0.2, 0.25) is 0 Å². The van der Waals surface area contributed by atoms with Crippen LogP contribution in [-0.4, -0.2) is 39.7 Å². The van der Waals surface area contributed by atoms with Crippen LogP contribution in [0.4, 0.5) is 4.79 Å². The molecule has 0 amide bonds. The first kappa shape index (κ1) is 33.2. The second-order valence-electron chi connectivity index (χ2n) is 9.19. The molecular formula is C33H34O8S2. The van der Waals surface area contributed by atoms with E-state index in [4.69, 9.17) is 9.47 Å². The highest BCUT2D eigenvalue weighted by Gasteiger charge is 2.17. The van der Waals surface area contributed by atoms with Gasteiger partial charge in [0.2, 0.25) is 0 Å². The van der Waals surface area contributed by atoms with Crippen molar-refractivity contribution in [1.82, 2.24) is 0 Å². The van der Waals surface area contributed by atoms with Crippen molar-refractivity contribution in [2.24, 2.45) is 0 Å². The molecule has 0 unspecified atom stereocenters. The molecule has 4 aromatic rings. The van der Waals surface area contributed by atoms with Crippen LogP contribution in [0.15, 0.2) is 109 Å². The second-order valence-corrected chi connectivity index (χ2v) is 12.2. The molecule has 0 aliphatic heterocycles. The molecule has 4 rings (SSSR count). The van der Waals surface area contributed by atoms with Crippen LogP contribution in [0.3, 0.4) is 0 Å². The van der Waals surface area contributed by atoms with Crippen LogP contribution in [0.25, 0.3) is 0 Å². The summed E-state index contributed by atoms with van der Waals surface area (Å²) in [5.41, 5.74) is 3.85. The van der Waals surface area contributed by atoms with E-state index < -0.39 is 21.6 Å². The number of thioether (sulfide) groups is 1. The number of ether oxygens (including phenoxy) is 4. The lowest BCUT2D eigenvalue weighted by Crippen LogP contribution is -2.18. The van der Waals surface area contributed by atoms with Crippen molar-refractivity contribution < 1.29 is 37.0 Å². The Hall–Kier alpha value is -4.28. The zero-order valence-corrected chi connectivity index (χ0v) is 25.6. The van der Waals surface area contributed by atoms with Gasteiger partial charge in [-0.05, 0) is 58.3 Å². The fraction of sp³-hybridized carbons (Fsp3) is 0.212. The SMILES string of the molecule is COC(=O)CS(=O)(=O)Cc1ccc(OCc2ccccc2)cc1.COC(=O)SCc1ccc(OCc2ccccc2)cc1. The zero-order chi connectivity index (χ0) is 30.9. The van der Waals surface area contributed by atoms with Gasteiger partial charge >= 0.3 is 11.3 Å². The number of hydrogen-bond donors (Lipinski definition) is 0. The molecule has 0 aliphatic rings. The van der Waals surface area contributed by atoms with Gasteiger partial charge < -0.3 is 18.9 Å². The average molecular weight is 623 g/mol. The minimum Gasteiger partial charge on any atom is -0.489 e. The Labute approximate surface area is 256 Å². The van der Waals surface area contributed by atoms with Gasteiger partial charge in [0.1, 0.15) is 30.5 Å². The van der Waals surface area contributed by atoms with Gasteiger partial charge in [-0.1, -0.05) is 84.9 Å². The highest BCUT2D eigenvalue weighted by atomic mass is 32.2. The van der Waals surface area contributed by atoms with Gasteiger partial charge in [-0.25, -0.2) is 13.2 Å². The molecule has 0 spiro atoms. The Balaban J connectivity index is 0.000000238. The molecule has 43 heavy (non-hydrogen) atoms. The zero-order valence-electron chi connectivity index (χ0n) is 24.0. The molecule has 0 aromatic heterocycles. The third kappa shape index (κ3) is 13.1. The highest BCUT2D eigenvalue weighted by Crippen LogP contribution is 2.19. The van der Waals surface area contributed by atoms with E-state index in [0.29, 0.717) is 30.3 Å². The quantitative estimate of drug-likeness (QED) is 0.161. The Bertz CT molecular complexity index is 1510. The number of sulfone groups is 1. The van der Waals surface area contributed by atoms with E-state index in [0.717, 1.165) is 41.3 Å². The summed E-state index contributed by atoms with van der Waals surface area (Å²) in [6.45, 7) is 0.998. The lowest BCUT2D eigenvalue weighted by molar-refractivity contribution is -0.137. The van der Waals surface area contributed by atoms with Gasteiger partial charge in [0.25, 0.3) is 0 Å². The van der Waals surface area contributed by atoms with Crippen LogP contribution >= 0.6 is 11.8 Å². The van der Waals surface area contributed by atoms with Crippen molar-refractivity contribution in [3.05, 3.63) is 131 Å². The molecule has 0 fully saturated rings. The van der Waals surface area contributed by atoms with Gasteiger partial charge in [-0.2, -0.15) is 0 Å². The summed E-state index contributed by atoms with van der Waals surface area (Å²) in [5.74, 6) is 0.499. The van der Waals surface area contributed by atoms with Crippen molar-refractivity contribution in [2.45, 2.75) is 24.7 Å². The summed E-state index contributed by atoms with van der Waals surface area (Å²) in [5, 5.41) is -0.269. The molecule has 0 atom stereocenters. The monoisotopic (exact) mass is 622 g/mol. The Morgan fingerprint density at radius 3 is 1.51 bits per heavy atom. The number of carbonyl (C=O) groups is 2. The maximum atomic E-state index is 11.8. The number of esters is 1. The molecule has 0 radical (unpaired) electrons. The Kier molecular flexibility index (Phi) is 13.6. The highest BCUT2D eigenvalue weighted by molar-refractivity contribution is 8.12. The number of carbonyl (C=O) groups excluding carboxylic acids is 2. The first-order valence-electron chi connectivity index (χ1n) is 13.3. The van der Waals surface area contributed by atoms with Crippen LogP contribution in [0, 0.1) is 0 Å². The fourth-order valence-corrected chi connectivity index (χ4v) is 5.46. The molecule has 10 heteroatoms. The van der Waals surface area contributed by atoms with E-state index in [1.165, 1.54) is 7.11 Å². The third-order valence-electron chi connectivity index (χ3n) is 5.82. The van der Waals surface area contributed by atoms with Crippen molar-refractivity contribution in [2.75, 3.05) is 20.0 Å². The summed E-state index contributed by atoms with van der Waals surface area (Å²) >= 11 is 1.14. The smallest absolute Gasteiger partial charge is 0.367 e. The summed E-state index contributed by atoms with van der Waals surface area (Å²) in [6.07, 6.45) is 0. The number of methoxy groups -OCH3 is 2. The van der Waals surface area contributed by atoms with Crippen molar-refractivity contribution in [3.63, 3.8) is 0 Å². The predicted octanol–water partition coefficient (Wildman–Crippen LogP) is 6.62. The molecule has 226 valence electrons. The molecule has 0 saturated heterocycles. The van der Waals surface area contributed by atoms with E-state index in [1.807, 2.05) is 84.9 Å². The Morgan fingerprint density at radius 1 is 0.605 bits per heavy atom. The van der Waals surface area contributed by atoms with Crippen molar-refractivity contribution >= 4 is 32.9 Å². The molecule has 0 aliphatic carbocycles. The average Bonchev–Trinajstić information content (AvgIpc) is 3.03. The summed E-state index contributed by atoms with van der Waals surface area (Å²) < 4.78 is 44.0. The first-order chi connectivity index (χ1) is 20.8. The minimum atomic E-state index is -3.53. The maximum absolute atomic E-state index is 11.8. The summed E-state index contributed by atoms with van der Waals surface area (Å²) in [4.78, 5) is 22.1. The predicted molar refractivity (Wildman–Crippen MR) is 168 cm³/mol. The number of hydrogen-bond acceptors (Lipinski definition) is 9. The lowest BCUT2D eigenvalue weighted by Gasteiger charge is -2.08. The van der Waals surface area contributed by atoms with E-state index in [2.05, 4.69) is 9.47 Å². The molecule has 4 aromatic carbocycles. The van der Waals surface area contributed by atoms with E-state index in [9.17, 15) is 18.0 Å². The van der Waals surface area contributed by atoms with Crippen LogP contribution < -0.4 is 9.47 Å². The molecule has 0 heterocycles. The topological polar surface area (TPSA) is 105 Å². The van der Waals surface area contributed by atoms with Gasteiger partial charge in [0, 0.05) is 5.75 Å². The minimum absolute atomic E-state index is 0.207. The summed E-state index contributed by atoms with van der Waals surface area (Å²) in [7, 11) is -0.981.